The summed E-state index contributed by atoms with van der Waals surface area (Å²) in [5.74, 6) is 0.617. The molecule has 2 aromatic rings. The number of esters is 1. The maximum absolute atomic E-state index is 12.1. The molecule has 9 nitrogen and oxygen atoms in total. The van der Waals surface area contributed by atoms with Crippen LogP contribution in [-0.4, -0.2) is 49.6 Å². The van der Waals surface area contributed by atoms with E-state index < -0.39 is 11.9 Å². The monoisotopic (exact) mass is 405 g/mol. The summed E-state index contributed by atoms with van der Waals surface area (Å²) in [5, 5.41) is 6.95. The number of amides is 1. The number of aryl methyl sites for hydroxylation is 3. The lowest BCUT2D eigenvalue weighted by atomic mass is 10.1. The first-order chi connectivity index (χ1) is 13.8. The number of rotatable bonds is 9. The Morgan fingerprint density at radius 1 is 1.07 bits per heavy atom. The van der Waals surface area contributed by atoms with E-state index in [1.54, 1.807) is 30.8 Å². The molecule has 0 saturated heterocycles. The molecule has 0 saturated carbocycles. The number of benzene rings is 1. The number of methoxy groups -OCH3 is 3. The number of hydrogen-bond acceptors (Lipinski definition) is 7. The predicted octanol–water partition coefficient (Wildman–Crippen LogP) is 2.18. The van der Waals surface area contributed by atoms with Crippen molar-refractivity contribution >= 4 is 17.6 Å². The lowest BCUT2D eigenvalue weighted by molar-refractivity contribution is -0.147. The van der Waals surface area contributed by atoms with Crippen molar-refractivity contribution in [2.45, 2.75) is 26.7 Å². The zero-order chi connectivity index (χ0) is 21.6. The molecule has 1 amide bonds. The van der Waals surface area contributed by atoms with Crippen molar-refractivity contribution in [3.63, 3.8) is 0 Å². The number of anilines is 1. The Labute approximate surface area is 169 Å². The Hall–Kier alpha value is -3.23. The van der Waals surface area contributed by atoms with E-state index in [9.17, 15) is 9.59 Å². The first kappa shape index (κ1) is 22.1. The highest BCUT2D eigenvalue weighted by atomic mass is 16.5. The fourth-order valence-electron chi connectivity index (χ4n) is 2.87. The molecule has 0 unspecified atom stereocenters. The van der Waals surface area contributed by atoms with Crippen molar-refractivity contribution in [3.8, 4) is 17.2 Å². The van der Waals surface area contributed by atoms with Gasteiger partial charge in [-0.2, -0.15) is 5.10 Å². The third kappa shape index (κ3) is 5.40. The maximum atomic E-state index is 12.1. The summed E-state index contributed by atoms with van der Waals surface area (Å²) in [7, 11) is 6.37. The van der Waals surface area contributed by atoms with Gasteiger partial charge in [-0.25, -0.2) is 0 Å². The van der Waals surface area contributed by atoms with E-state index >= 15 is 0 Å². The van der Waals surface area contributed by atoms with Gasteiger partial charge in [0.2, 0.25) is 5.75 Å². The van der Waals surface area contributed by atoms with Gasteiger partial charge in [0, 0.05) is 13.5 Å². The van der Waals surface area contributed by atoms with Gasteiger partial charge in [-0.1, -0.05) is 0 Å². The number of ether oxygens (including phenoxy) is 4. The second-order valence-corrected chi connectivity index (χ2v) is 6.41. The summed E-state index contributed by atoms with van der Waals surface area (Å²) >= 11 is 0. The van der Waals surface area contributed by atoms with Crippen LogP contribution in [0.2, 0.25) is 0 Å². The lowest BCUT2D eigenvalue weighted by Crippen LogP contribution is -2.21. The Balaban J connectivity index is 1.89. The third-order valence-electron chi connectivity index (χ3n) is 4.48. The van der Waals surface area contributed by atoms with E-state index in [0.717, 1.165) is 11.3 Å². The molecule has 0 bridgehead atoms. The van der Waals surface area contributed by atoms with Gasteiger partial charge in [0.25, 0.3) is 5.91 Å². The Morgan fingerprint density at radius 3 is 2.17 bits per heavy atom. The standard InChI is InChI=1S/C20H27N3O6/c1-12-19(13(2)23(3)22-12)21-17(24)11-29-18(25)8-7-14-9-15(26-4)20(28-6)16(10-14)27-5/h9-10H,7-8,11H2,1-6H3,(H,21,24). The van der Waals surface area contributed by atoms with Crippen molar-refractivity contribution in [2.75, 3.05) is 33.3 Å². The van der Waals surface area contributed by atoms with E-state index in [1.165, 1.54) is 21.3 Å². The minimum Gasteiger partial charge on any atom is -0.493 e. The van der Waals surface area contributed by atoms with Crippen LogP contribution in [-0.2, 0) is 27.8 Å². The highest BCUT2D eigenvalue weighted by Gasteiger charge is 2.16. The van der Waals surface area contributed by atoms with Gasteiger partial charge < -0.3 is 24.3 Å². The number of carbonyl (C=O) groups is 2. The quantitative estimate of drug-likeness (QED) is 0.638. The SMILES string of the molecule is COc1cc(CCC(=O)OCC(=O)Nc2c(C)nn(C)c2C)cc(OC)c1OC. The predicted molar refractivity (Wildman–Crippen MR) is 107 cm³/mol. The molecule has 2 rings (SSSR count). The average Bonchev–Trinajstić information content (AvgIpc) is 2.95. The number of nitrogens with zero attached hydrogens (tertiary/aromatic N) is 2. The molecule has 0 fully saturated rings. The summed E-state index contributed by atoms with van der Waals surface area (Å²) in [6.45, 7) is 3.28. The molecule has 0 aliphatic heterocycles. The summed E-state index contributed by atoms with van der Waals surface area (Å²) in [4.78, 5) is 24.1. The molecule has 158 valence electrons. The summed E-state index contributed by atoms with van der Waals surface area (Å²) in [6, 6.07) is 3.55. The van der Waals surface area contributed by atoms with Crippen molar-refractivity contribution in [1.29, 1.82) is 0 Å². The summed E-state index contributed by atoms with van der Waals surface area (Å²) < 4.78 is 22.6. The fraction of sp³-hybridized carbons (Fsp3) is 0.450. The topological polar surface area (TPSA) is 101 Å². The molecular formula is C20H27N3O6. The van der Waals surface area contributed by atoms with E-state index in [0.29, 0.717) is 35.1 Å². The highest BCUT2D eigenvalue weighted by molar-refractivity contribution is 5.93. The van der Waals surface area contributed by atoms with E-state index in [2.05, 4.69) is 10.4 Å². The lowest BCUT2D eigenvalue weighted by Gasteiger charge is -2.14. The van der Waals surface area contributed by atoms with Crippen LogP contribution < -0.4 is 19.5 Å². The molecule has 0 radical (unpaired) electrons. The Kier molecular flexibility index (Phi) is 7.46. The number of nitrogens with one attached hydrogen (secondary N) is 1. The zero-order valence-electron chi connectivity index (χ0n) is 17.6. The van der Waals surface area contributed by atoms with Crippen molar-refractivity contribution in [2.24, 2.45) is 7.05 Å². The zero-order valence-corrected chi connectivity index (χ0v) is 17.6. The van der Waals surface area contributed by atoms with Gasteiger partial charge in [0.1, 0.15) is 0 Å². The second-order valence-electron chi connectivity index (χ2n) is 6.41. The molecule has 0 spiro atoms. The molecule has 1 aromatic carbocycles. The Morgan fingerprint density at radius 2 is 1.69 bits per heavy atom. The van der Waals surface area contributed by atoms with Crippen LogP contribution in [0.15, 0.2) is 12.1 Å². The van der Waals surface area contributed by atoms with E-state index in [-0.39, 0.29) is 13.0 Å². The van der Waals surface area contributed by atoms with Gasteiger partial charge in [-0.05, 0) is 38.0 Å². The van der Waals surface area contributed by atoms with E-state index in [1.807, 2.05) is 6.92 Å². The molecule has 0 aliphatic rings. The van der Waals surface area contributed by atoms with Crippen LogP contribution in [0.1, 0.15) is 23.4 Å². The smallest absolute Gasteiger partial charge is 0.306 e. The largest absolute Gasteiger partial charge is 0.493 e. The minimum absolute atomic E-state index is 0.108. The van der Waals surface area contributed by atoms with Crippen LogP contribution in [0.3, 0.4) is 0 Å². The third-order valence-corrected chi connectivity index (χ3v) is 4.48. The van der Waals surface area contributed by atoms with Crippen LogP contribution in [0.25, 0.3) is 0 Å². The molecule has 1 N–H and O–H groups in total. The number of aromatic nitrogens is 2. The van der Waals surface area contributed by atoms with E-state index in [4.69, 9.17) is 18.9 Å². The van der Waals surface area contributed by atoms with Crippen LogP contribution in [0.5, 0.6) is 17.2 Å². The maximum Gasteiger partial charge on any atom is 0.306 e. The average molecular weight is 405 g/mol. The molecule has 0 aliphatic carbocycles. The van der Waals surface area contributed by atoms with Gasteiger partial charge in [0.05, 0.1) is 38.4 Å². The van der Waals surface area contributed by atoms with Crippen LogP contribution in [0.4, 0.5) is 5.69 Å². The van der Waals surface area contributed by atoms with Crippen molar-refractivity contribution in [3.05, 3.63) is 29.1 Å². The number of carbonyl (C=O) groups excluding carboxylic acids is 2. The van der Waals surface area contributed by atoms with Crippen molar-refractivity contribution in [1.82, 2.24) is 9.78 Å². The normalized spacial score (nSPS) is 10.4. The number of hydrogen-bond donors (Lipinski definition) is 1. The van der Waals surface area contributed by atoms with Crippen LogP contribution >= 0.6 is 0 Å². The first-order valence-electron chi connectivity index (χ1n) is 9.05. The minimum atomic E-state index is -0.478. The first-order valence-corrected chi connectivity index (χ1v) is 9.05. The fourth-order valence-corrected chi connectivity index (χ4v) is 2.87. The van der Waals surface area contributed by atoms with Gasteiger partial charge in [-0.3, -0.25) is 14.3 Å². The van der Waals surface area contributed by atoms with Gasteiger partial charge in [-0.15, -0.1) is 0 Å². The summed E-state index contributed by atoms with van der Waals surface area (Å²) in [6.07, 6.45) is 0.509. The summed E-state index contributed by atoms with van der Waals surface area (Å²) in [5.41, 5.74) is 2.98. The van der Waals surface area contributed by atoms with Gasteiger partial charge in [0.15, 0.2) is 18.1 Å². The molecule has 29 heavy (non-hydrogen) atoms. The second kappa shape index (κ2) is 9.81. The molecular weight excluding hydrogens is 378 g/mol. The molecule has 0 atom stereocenters. The van der Waals surface area contributed by atoms with Gasteiger partial charge >= 0.3 is 5.97 Å². The molecule has 1 heterocycles. The molecule has 1 aromatic heterocycles. The highest BCUT2D eigenvalue weighted by Crippen LogP contribution is 2.38. The molecule has 9 heteroatoms. The van der Waals surface area contributed by atoms with Crippen LogP contribution in [0, 0.1) is 13.8 Å². The van der Waals surface area contributed by atoms with Crippen molar-refractivity contribution < 1.29 is 28.5 Å². The Bertz CT molecular complexity index is 866.